The van der Waals surface area contributed by atoms with Gasteiger partial charge in [0.25, 0.3) is 0 Å². The third-order valence-corrected chi connectivity index (χ3v) is 28.3. The molecule has 0 radical (unpaired) electrons. The molecule has 16 aromatic carbocycles. The van der Waals surface area contributed by atoms with Gasteiger partial charge in [0.05, 0.1) is 21.9 Å². The number of anilines is 8. The fourth-order valence-corrected chi connectivity index (χ4v) is 21.3. The number of ether oxygens (including phenoxy) is 2. The van der Waals surface area contributed by atoms with E-state index in [0.29, 0.717) is 0 Å². The average Bonchev–Trinajstić information content (AvgIpc) is 1.51. The molecule has 652 valence electrons. The van der Waals surface area contributed by atoms with Gasteiger partial charge in [-0.2, -0.15) is 0 Å². The first-order chi connectivity index (χ1) is 62.5. The third-order valence-electron chi connectivity index (χ3n) is 27.2. The van der Waals surface area contributed by atoms with E-state index in [4.69, 9.17) is 18.3 Å². The summed E-state index contributed by atoms with van der Waals surface area (Å²) in [6.07, 6.45) is 0. The minimum absolute atomic E-state index is 0.00938. The van der Waals surface area contributed by atoms with Crippen molar-refractivity contribution in [3.8, 4) is 45.3 Å². The van der Waals surface area contributed by atoms with Crippen molar-refractivity contribution in [2.75, 3.05) is 15.1 Å². The van der Waals surface area contributed by atoms with E-state index in [-0.39, 0.29) is 32.5 Å². The number of hydrogen-bond donors (Lipinski definition) is 1. The topological polar surface area (TPSA) is 63.3 Å². The summed E-state index contributed by atoms with van der Waals surface area (Å²) in [5.41, 5.74) is 32.9. The second-order valence-corrected chi connectivity index (χ2v) is 43.7. The summed E-state index contributed by atoms with van der Waals surface area (Å²) in [6, 6.07) is 124. The van der Waals surface area contributed by atoms with Crippen molar-refractivity contribution in [1.82, 2.24) is 0 Å². The van der Waals surface area contributed by atoms with Crippen LogP contribution in [0.3, 0.4) is 0 Å². The summed E-state index contributed by atoms with van der Waals surface area (Å²) in [7, 11) is 0. The molecule has 18 aromatic rings. The molecule has 7 nitrogen and oxygen atoms in total. The van der Waals surface area contributed by atoms with Gasteiger partial charge in [-0.25, -0.2) is 0 Å². The van der Waals surface area contributed by atoms with E-state index in [1.165, 1.54) is 55.6 Å². The van der Waals surface area contributed by atoms with E-state index in [2.05, 4.69) is 487 Å². The molecule has 2 spiro atoms. The Morgan fingerprint density at radius 1 is 0.260 bits per heavy atom. The maximum Gasteiger partial charge on any atom is 0.145 e. The number of furan rings is 2. The van der Waals surface area contributed by atoms with Gasteiger partial charge >= 0.3 is 0 Å². The van der Waals surface area contributed by atoms with E-state index in [0.717, 1.165) is 166 Å². The van der Waals surface area contributed by atoms with Crippen LogP contribution in [0.1, 0.15) is 203 Å². The van der Waals surface area contributed by atoms with Gasteiger partial charge in [0.1, 0.15) is 45.3 Å². The minimum atomic E-state index is -0.830. The zero-order valence-electron chi connectivity index (χ0n) is 78.1. The molecular formula is C122H111Br2N3O4. The highest BCUT2D eigenvalue weighted by Crippen LogP contribution is 2.68. The Kier molecular flexibility index (Phi) is 21.0. The number of nitrogens with one attached hydrogen (secondary N) is 1. The van der Waals surface area contributed by atoms with Gasteiger partial charge in [0.2, 0.25) is 0 Å². The van der Waals surface area contributed by atoms with Crippen LogP contribution in [0, 0.1) is 0 Å². The Bertz CT molecular complexity index is 7220. The normalized spacial score (nSPS) is 13.7. The van der Waals surface area contributed by atoms with Gasteiger partial charge in [0.15, 0.2) is 0 Å². The molecular weight excluding hydrogens is 1730 g/mol. The van der Waals surface area contributed by atoms with Crippen LogP contribution in [0.5, 0.6) is 23.0 Å². The summed E-state index contributed by atoms with van der Waals surface area (Å²) in [6.45, 7) is 40.8. The van der Waals surface area contributed by atoms with E-state index in [1.54, 1.807) is 0 Å². The van der Waals surface area contributed by atoms with Crippen molar-refractivity contribution in [1.29, 1.82) is 0 Å². The Balaban J connectivity index is 0.000000155. The van der Waals surface area contributed by atoms with Gasteiger partial charge in [-0.1, -0.05) is 351 Å². The molecule has 4 aliphatic rings. The molecule has 1 N–H and O–H groups in total. The lowest BCUT2D eigenvalue weighted by atomic mass is 9.66. The van der Waals surface area contributed by atoms with Crippen LogP contribution in [0.15, 0.2) is 357 Å². The summed E-state index contributed by atoms with van der Waals surface area (Å²) < 4.78 is 29.5. The highest BCUT2D eigenvalue weighted by atomic mass is 79.9. The molecule has 22 rings (SSSR count). The SMILES string of the molecule is Brc1ccc2c(c1)C1(c3ccccc3Oc3ccccc31)c1cc(Br)c3c(oc4ccccc43)c1-2.CC(C)(C)c1ccc(N(c2ccc(C(C)(C)C)cc2)c2ccc3c(c2)C2(c4ccccc4Oc4ccccc42)c2cc(N(c4ccc(C(C)(C)C)cc4)c4ccc(C(C)(C)C)cc4)c4c(oc5ccccc54)c2-3)cc1.CC(C)(C)c1ccc(Nc2ccc(C(C)(C)C)cc2)cc1. The van der Waals surface area contributed by atoms with Crippen molar-refractivity contribution < 1.29 is 18.3 Å². The number of nitrogens with zero attached hydrogens (tertiary/aromatic N) is 2. The first-order valence-electron chi connectivity index (χ1n) is 45.9. The first-order valence-corrected chi connectivity index (χ1v) is 47.5. The van der Waals surface area contributed by atoms with Gasteiger partial charge in [0, 0.05) is 98.3 Å². The van der Waals surface area contributed by atoms with E-state index in [9.17, 15) is 0 Å². The Morgan fingerprint density at radius 2 is 0.557 bits per heavy atom. The number of fused-ring (bicyclic) bond motifs is 26. The highest BCUT2D eigenvalue weighted by Gasteiger charge is 2.55. The van der Waals surface area contributed by atoms with Gasteiger partial charge in [-0.3, -0.25) is 0 Å². The molecule has 0 saturated carbocycles. The van der Waals surface area contributed by atoms with Crippen LogP contribution in [0.2, 0.25) is 0 Å². The largest absolute Gasteiger partial charge is 0.457 e. The lowest BCUT2D eigenvalue weighted by Crippen LogP contribution is -2.32. The standard InChI is InChI=1S/C71H68N2O2.C31H16Br2O2.C20H27N/c1-67(2,3)45-25-33-49(34-26-45)72(50-35-27-46(28-36-50)68(4,5)6)53-41-42-54-58(43-53)71(56-20-14-17-23-62(56)74-63-24-18-15-21-57(63)71)59-44-60(65-55-19-13-16-22-61(55)75-66(65)64(54)59)73(51-37-29-47(30-38-51)69(7,8)9)52-39-31-48(32-40-52)70(10,11)12;32-17-13-14-18-22(15-17)31(20-8-2-5-11-26(20)34-27-12-6-3-9-21(27)31)23-16-24(33)29-19-7-1-4-10-25(19)35-30(29)28(18)23;1-19(2,3)15-7-11-17(12-8-15)21-18-13-9-16(10-14-18)20(4,5)6/h13-44H,1-12H3;1-16H;7-14,21H,1-6H3. The van der Waals surface area contributed by atoms with E-state index < -0.39 is 10.8 Å². The van der Waals surface area contributed by atoms with Crippen molar-refractivity contribution >= 4 is 121 Å². The Labute approximate surface area is 788 Å². The number of para-hydroxylation sites is 6. The van der Waals surface area contributed by atoms with Crippen LogP contribution in [-0.4, -0.2) is 0 Å². The third kappa shape index (κ3) is 14.9. The van der Waals surface area contributed by atoms with Crippen LogP contribution < -0.4 is 24.6 Å². The predicted octanol–water partition coefficient (Wildman–Crippen LogP) is 35.8. The van der Waals surface area contributed by atoms with Crippen LogP contribution in [-0.2, 0) is 43.3 Å². The van der Waals surface area contributed by atoms with Crippen LogP contribution in [0.25, 0.3) is 66.1 Å². The molecule has 0 amide bonds. The zero-order chi connectivity index (χ0) is 91.4. The molecule has 2 aliphatic carbocycles. The number of hydrogen-bond acceptors (Lipinski definition) is 7. The van der Waals surface area contributed by atoms with Crippen molar-refractivity contribution in [2.24, 2.45) is 0 Å². The van der Waals surface area contributed by atoms with Crippen molar-refractivity contribution in [3.63, 3.8) is 0 Å². The monoisotopic (exact) mass is 1840 g/mol. The Morgan fingerprint density at radius 3 is 0.931 bits per heavy atom. The van der Waals surface area contributed by atoms with Crippen LogP contribution >= 0.6 is 31.9 Å². The molecule has 0 fully saturated rings. The second kappa shape index (κ2) is 32.0. The van der Waals surface area contributed by atoms with Crippen LogP contribution in [0.4, 0.5) is 45.5 Å². The molecule has 0 saturated heterocycles. The first kappa shape index (κ1) is 86.1. The smallest absolute Gasteiger partial charge is 0.145 e. The van der Waals surface area contributed by atoms with Gasteiger partial charge in [-0.05, 0) is 245 Å². The number of halogens is 2. The number of benzene rings is 16. The Hall–Kier alpha value is -12.9. The zero-order valence-corrected chi connectivity index (χ0v) is 81.3. The molecule has 0 unspecified atom stereocenters. The molecule has 9 heteroatoms. The molecule has 0 atom stereocenters. The average molecular weight is 1840 g/mol. The maximum absolute atomic E-state index is 7.38. The summed E-state index contributed by atoms with van der Waals surface area (Å²) in [5, 5.41) is 7.83. The molecule has 131 heavy (non-hydrogen) atoms. The van der Waals surface area contributed by atoms with Crippen molar-refractivity contribution in [3.05, 3.63) is 427 Å². The molecule has 4 heterocycles. The summed E-state index contributed by atoms with van der Waals surface area (Å²) in [4.78, 5) is 4.90. The lowest BCUT2D eigenvalue weighted by Gasteiger charge is -2.40. The van der Waals surface area contributed by atoms with E-state index in [1.807, 2.05) is 24.3 Å². The second-order valence-electron chi connectivity index (χ2n) is 42.0. The molecule has 2 aliphatic heterocycles. The lowest BCUT2D eigenvalue weighted by molar-refractivity contribution is 0.436. The van der Waals surface area contributed by atoms with Gasteiger partial charge < -0.3 is 33.4 Å². The number of rotatable bonds is 8. The molecule has 0 bridgehead atoms. The van der Waals surface area contributed by atoms with Crippen molar-refractivity contribution in [2.45, 2.75) is 168 Å². The van der Waals surface area contributed by atoms with E-state index >= 15 is 0 Å². The predicted molar refractivity (Wildman–Crippen MR) is 555 cm³/mol. The summed E-state index contributed by atoms with van der Waals surface area (Å²) in [5.74, 6) is 3.44. The molecule has 2 aromatic heterocycles. The fourth-order valence-electron chi connectivity index (χ4n) is 20.3. The van der Waals surface area contributed by atoms with Gasteiger partial charge in [-0.15, -0.1) is 0 Å². The minimum Gasteiger partial charge on any atom is -0.457 e. The maximum atomic E-state index is 7.38. The fraction of sp³-hybridized carbons (Fsp3) is 0.213. The quantitative estimate of drug-likeness (QED) is 0.163. The highest BCUT2D eigenvalue weighted by molar-refractivity contribution is 9.11. The summed E-state index contributed by atoms with van der Waals surface area (Å²) >= 11 is 7.71.